The molecule has 21 heavy (non-hydrogen) atoms. The van der Waals surface area contributed by atoms with Crippen LogP contribution in [0.15, 0.2) is 29.2 Å². The van der Waals surface area contributed by atoms with Gasteiger partial charge in [-0.3, -0.25) is 0 Å². The molecule has 1 aliphatic rings. The van der Waals surface area contributed by atoms with Crippen LogP contribution >= 0.6 is 11.8 Å². The summed E-state index contributed by atoms with van der Waals surface area (Å²) >= 11 is 1.87. The molecule has 0 saturated carbocycles. The number of nitrogens with zero attached hydrogens (tertiary/aromatic N) is 1. The van der Waals surface area contributed by atoms with E-state index in [0.717, 1.165) is 30.8 Å². The Balaban J connectivity index is 2.11. The third kappa shape index (κ3) is 4.14. The van der Waals surface area contributed by atoms with Crippen molar-refractivity contribution in [2.75, 3.05) is 30.7 Å². The average Bonchev–Trinajstić information content (AvgIpc) is 2.53. The van der Waals surface area contributed by atoms with Gasteiger partial charge in [0.25, 0.3) is 0 Å². The fourth-order valence-corrected chi connectivity index (χ4v) is 5.20. The number of benzene rings is 1. The van der Waals surface area contributed by atoms with E-state index >= 15 is 0 Å². The van der Waals surface area contributed by atoms with E-state index in [2.05, 4.69) is 19.2 Å². The second kappa shape index (κ2) is 7.51. The first kappa shape index (κ1) is 16.6. The zero-order valence-corrected chi connectivity index (χ0v) is 14.3. The van der Waals surface area contributed by atoms with Gasteiger partial charge in [0, 0.05) is 36.3 Å². The number of nitrogens with one attached hydrogen (secondary N) is 1. The summed E-state index contributed by atoms with van der Waals surface area (Å²) in [5.41, 5.74) is 0.969. The van der Waals surface area contributed by atoms with Crippen LogP contribution in [-0.2, 0) is 10.0 Å². The molecule has 118 valence electrons. The van der Waals surface area contributed by atoms with E-state index in [4.69, 9.17) is 0 Å². The maximum absolute atomic E-state index is 12.7. The van der Waals surface area contributed by atoms with Crippen LogP contribution in [-0.4, -0.2) is 43.4 Å². The molecule has 0 radical (unpaired) electrons. The highest BCUT2D eigenvalue weighted by molar-refractivity contribution is 8.00. The van der Waals surface area contributed by atoms with Gasteiger partial charge in [0.15, 0.2) is 0 Å². The van der Waals surface area contributed by atoms with Crippen molar-refractivity contribution >= 4 is 27.5 Å². The number of rotatable bonds is 6. The predicted molar refractivity (Wildman–Crippen MR) is 90.5 cm³/mol. The molecule has 2 rings (SSSR count). The highest BCUT2D eigenvalue weighted by Gasteiger charge is 2.29. The zero-order valence-electron chi connectivity index (χ0n) is 12.7. The van der Waals surface area contributed by atoms with E-state index in [1.165, 1.54) is 0 Å². The lowest BCUT2D eigenvalue weighted by Crippen LogP contribution is -2.41. The minimum absolute atomic E-state index is 0.395. The van der Waals surface area contributed by atoms with Gasteiger partial charge in [-0.25, -0.2) is 8.42 Å². The molecule has 1 N–H and O–H groups in total. The average molecular weight is 329 g/mol. The maximum atomic E-state index is 12.7. The number of thioether (sulfide) groups is 1. The molecular formula is C15H24N2O2S2. The van der Waals surface area contributed by atoms with Gasteiger partial charge in [0.2, 0.25) is 10.0 Å². The SMILES string of the molecule is CCCNc1ccc(S(=O)(=O)N2CCSC(CC)C2)cc1. The number of anilines is 1. The van der Waals surface area contributed by atoms with E-state index in [1.54, 1.807) is 16.4 Å². The third-order valence-corrected chi connectivity index (χ3v) is 6.88. The van der Waals surface area contributed by atoms with Gasteiger partial charge >= 0.3 is 0 Å². The van der Waals surface area contributed by atoms with E-state index in [9.17, 15) is 8.42 Å². The molecule has 0 amide bonds. The van der Waals surface area contributed by atoms with Crippen molar-refractivity contribution in [1.29, 1.82) is 0 Å². The Bertz CT molecular complexity index is 543. The molecular weight excluding hydrogens is 304 g/mol. The molecule has 6 heteroatoms. The van der Waals surface area contributed by atoms with Crippen molar-refractivity contribution in [3.8, 4) is 0 Å². The van der Waals surface area contributed by atoms with Crippen molar-refractivity contribution in [2.24, 2.45) is 0 Å². The second-order valence-corrected chi connectivity index (χ2v) is 8.56. The summed E-state index contributed by atoms with van der Waals surface area (Å²) in [7, 11) is -3.35. The second-order valence-electron chi connectivity index (χ2n) is 5.22. The Kier molecular flexibility index (Phi) is 5.96. The molecule has 1 aromatic rings. The van der Waals surface area contributed by atoms with Crippen molar-refractivity contribution in [3.63, 3.8) is 0 Å². The topological polar surface area (TPSA) is 49.4 Å². The first-order valence-corrected chi connectivity index (χ1v) is 10.0. The van der Waals surface area contributed by atoms with E-state index < -0.39 is 10.0 Å². The fraction of sp³-hybridized carbons (Fsp3) is 0.600. The Morgan fingerprint density at radius 2 is 2.00 bits per heavy atom. The lowest BCUT2D eigenvalue weighted by atomic mass is 10.3. The smallest absolute Gasteiger partial charge is 0.243 e. The summed E-state index contributed by atoms with van der Waals surface area (Å²) in [4.78, 5) is 0.395. The van der Waals surface area contributed by atoms with Crippen LogP contribution in [0.4, 0.5) is 5.69 Å². The molecule has 4 nitrogen and oxygen atoms in total. The molecule has 1 fully saturated rings. The Morgan fingerprint density at radius 3 is 2.62 bits per heavy atom. The highest BCUT2D eigenvalue weighted by atomic mass is 32.2. The standard InChI is InChI=1S/C15H24N2O2S2/c1-3-9-16-13-5-7-15(8-6-13)21(18,19)17-10-11-20-14(4-2)12-17/h5-8,14,16H,3-4,9-12H2,1-2H3. The van der Waals surface area contributed by atoms with Crippen molar-refractivity contribution < 1.29 is 8.42 Å². The molecule has 0 aromatic heterocycles. The van der Waals surface area contributed by atoms with Crippen LogP contribution < -0.4 is 5.32 Å². The van der Waals surface area contributed by atoms with Gasteiger partial charge in [0.05, 0.1) is 4.90 Å². The minimum Gasteiger partial charge on any atom is -0.385 e. The summed E-state index contributed by atoms with van der Waals surface area (Å²) in [6, 6.07) is 7.10. The molecule has 0 bridgehead atoms. The lowest BCUT2D eigenvalue weighted by Gasteiger charge is -2.31. The fourth-order valence-electron chi connectivity index (χ4n) is 2.32. The largest absolute Gasteiger partial charge is 0.385 e. The number of hydrogen-bond donors (Lipinski definition) is 1. The van der Waals surface area contributed by atoms with Crippen LogP contribution in [0.1, 0.15) is 26.7 Å². The van der Waals surface area contributed by atoms with Crippen molar-refractivity contribution in [2.45, 2.75) is 36.8 Å². The van der Waals surface area contributed by atoms with Crippen LogP contribution in [0.2, 0.25) is 0 Å². The predicted octanol–water partition coefficient (Wildman–Crippen LogP) is 3.02. The molecule has 1 atom stereocenters. The molecule has 1 saturated heterocycles. The molecule has 0 spiro atoms. The monoisotopic (exact) mass is 328 g/mol. The zero-order chi connectivity index (χ0) is 15.3. The Morgan fingerprint density at radius 1 is 1.29 bits per heavy atom. The van der Waals surface area contributed by atoms with E-state index in [-0.39, 0.29) is 0 Å². The number of sulfonamides is 1. The van der Waals surface area contributed by atoms with Crippen LogP contribution in [0.5, 0.6) is 0 Å². The molecule has 1 aromatic carbocycles. The van der Waals surface area contributed by atoms with Gasteiger partial charge in [0.1, 0.15) is 0 Å². The van der Waals surface area contributed by atoms with Crippen molar-refractivity contribution in [3.05, 3.63) is 24.3 Å². The Labute approximate surface area is 132 Å². The molecule has 1 unspecified atom stereocenters. The Hall–Kier alpha value is -0.720. The van der Waals surface area contributed by atoms with Gasteiger partial charge in [-0.2, -0.15) is 16.1 Å². The van der Waals surface area contributed by atoms with Crippen LogP contribution in [0.25, 0.3) is 0 Å². The normalized spacial score (nSPS) is 20.4. The van der Waals surface area contributed by atoms with Gasteiger partial charge < -0.3 is 5.32 Å². The molecule has 0 aliphatic carbocycles. The summed E-state index contributed by atoms with van der Waals surface area (Å²) in [6.45, 7) is 6.35. The van der Waals surface area contributed by atoms with Crippen LogP contribution in [0.3, 0.4) is 0 Å². The number of hydrogen-bond acceptors (Lipinski definition) is 4. The third-order valence-electron chi connectivity index (χ3n) is 3.63. The van der Waals surface area contributed by atoms with Gasteiger partial charge in [-0.15, -0.1) is 0 Å². The molecule has 1 heterocycles. The quantitative estimate of drug-likeness (QED) is 0.872. The molecule has 1 aliphatic heterocycles. The maximum Gasteiger partial charge on any atom is 0.243 e. The summed E-state index contributed by atoms with van der Waals surface area (Å²) in [5.74, 6) is 0.883. The summed E-state index contributed by atoms with van der Waals surface area (Å²) in [6.07, 6.45) is 2.06. The van der Waals surface area contributed by atoms with Crippen molar-refractivity contribution in [1.82, 2.24) is 4.31 Å². The highest BCUT2D eigenvalue weighted by Crippen LogP contribution is 2.26. The summed E-state index contributed by atoms with van der Waals surface area (Å²) in [5, 5.41) is 3.67. The first-order chi connectivity index (χ1) is 10.1. The van der Waals surface area contributed by atoms with Gasteiger partial charge in [-0.05, 0) is 37.1 Å². The van der Waals surface area contributed by atoms with E-state index in [0.29, 0.717) is 23.2 Å². The van der Waals surface area contributed by atoms with Crippen LogP contribution in [0, 0.1) is 0 Å². The first-order valence-electron chi connectivity index (χ1n) is 7.53. The lowest BCUT2D eigenvalue weighted by molar-refractivity contribution is 0.416. The summed E-state index contributed by atoms with van der Waals surface area (Å²) < 4.78 is 27.0. The minimum atomic E-state index is -3.35. The van der Waals surface area contributed by atoms with Gasteiger partial charge in [-0.1, -0.05) is 13.8 Å². The van der Waals surface area contributed by atoms with E-state index in [1.807, 2.05) is 23.9 Å².